The number of halogens is 5. The Kier molecular flexibility index (Phi) is 5.53. The molecule has 144 valence electrons. The van der Waals surface area contributed by atoms with Crippen molar-refractivity contribution in [2.24, 2.45) is 5.92 Å². The molecule has 0 radical (unpaired) electrons. The fourth-order valence-electron chi connectivity index (χ4n) is 3.43. The van der Waals surface area contributed by atoms with Crippen LogP contribution in [0.2, 0.25) is 0 Å². The van der Waals surface area contributed by atoms with E-state index in [4.69, 9.17) is 0 Å². The third-order valence-electron chi connectivity index (χ3n) is 5.02. The van der Waals surface area contributed by atoms with Gasteiger partial charge < -0.3 is 4.74 Å². The summed E-state index contributed by atoms with van der Waals surface area (Å²) in [5.41, 5.74) is -0.0576. The molecule has 0 aromatic heterocycles. The van der Waals surface area contributed by atoms with Gasteiger partial charge in [0.2, 0.25) is 0 Å². The maximum atomic E-state index is 14.2. The van der Waals surface area contributed by atoms with E-state index in [1.54, 1.807) is 12.1 Å². The van der Waals surface area contributed by atoms with Gasteiger partial charge >= 0.3 is 6.11 Å². The van der Waals surface area contributed by atoms with Gasteiger partial charge in [-0.2, -0.15) is 8.78 Å². The van der Waals surface area contributed by atoms with Crippen LogP contribution in [-0.2, 0) is 6.11 Å². The number of hydrogen-bond acceptors (Lipinski definition) is 1. The Morgan fingerprint density at radius 1 is 0.926 bits per heavy atom. The van der Waals surface area contributed by atoms with Gasteiger partial charge in [0.05, 0.1) is 5.56 Å². The molecule has 0 aliphatic heterocycles. The highest BCUT2D eigenvalue weighted by molar-refractivity contribution is 5.31. The molecular weight excluding hydrogens is 363 g/mol. The summed E-state index contributed by atoms with van der Waals surface area (Å²) in [5.74, 6) is -4.45. The van der Waals surface area contributed by atoms with Crippen molar-refractivity contribution in [1.29, 1.82) is 0 Å². The van der Waals surface area contributed by atoms with E-state index in [9.17, 15) is 22.0 Å². The third kappa shape index (κ3) is 4.31. The molecule has 1 fully saturated rings. The zero-order valence-electron chi connectivity index (χ0n) is 14.5. The quantitative estimate of drug-likeness (QED) is 0.318. The normalized spacial score (nSPS) is 20.3. The molecule has 2 aromatic rings. The molecule has 27 heavy (non-hydrogen) atoms. The maximum absolute atomic E-state index is 14.2. The second kappa shape index (κ2) is 7.71. The topological polar surface area (TPSA) is 9.23 Å². The van der Waals surface area contributed by atoms with Crippen LogP contribution in [0.1, 0.15) is 42.7 Å². The van der Waals surface area contributed by atoms with Crippen LogP contribution in [0.3, 0.4) is 0 Å². The second-order valence-electron chi connectivity index (χ2n) is 6.79. The van der Waals surface area contributed by atoms with E-state index < -0.39 is 29.1 Å². The monoisotopic (exact) mass is 382 g/mol. The van der Waals surface area contributed by atoms with Crippen LogP contribution in [0.25, 0.3) is 0 Å². The minimum Gasteiger partial charge on any atom is -0.429 e. The van der Waals surface area contributed by atoms with Crippen LogP contribution in [0.15, 0.2) is 49.1 Å². The summed E-state index contributed by atoms with van der Waals surface area (Å²) in [7, 11) is 0. The van der Waals surface area contributed by atoms with Gasteiger partial charge in [0.25, 0.3) is 0 Å². The molecule has 0 spiro atoms. The molecule has 2 aromatic carbocycles. The average Bonchev–Trinajstić information content (AvgIpc) is 2.66. The Balaban J connectivity index is 1.71. The minimum absolute atomic E-state index is 0.145. The first kappa shape index (κ1) is 19.4. The van der Waals surface area contributed by atoms with Gasteiger partial charge in [-0.15, -0.1) is 6.58 Å². The fraction of sp³-hybridized carbons (Fsp3) is 0.333. The molecule has 0 atom stereocenters. The third-order valence-corrected chi connectivity index (χ3v) is 5.02. The van der Waals surface area contributed by atoms with Crippen LogP contribution in [0.4, 0.5) is 22.0 Å². The van der Waals surface area contributed by atoms with Crippen molar-refractivity contribution in [2.75, 3.05) is 0 Å². The van der Waals surface area contributed by atoms with E-state index in [1.165, 1.54) is 12.1 Å². The van der Waals surface area contributed by atoms with E-state index >= 15 is 0 Å². The lowest BCUT2D eigenvalue weighted by Crippen LogP contribution is -2.22. The number of alkyl halides is 2. The molecule has 0 bridgehead atoms. The summed E-state index contributed by atoms with van der Waals surface area (Å²) in [4.78, 5) is 0. The summed E-state index contributed by atoms with van der Waals surface area (Å²) in [6.07, 6.45) is 2.07. The summed E-state index contributed by atoms with van der Waals surface area (Å²) in [6, 6.07) is 6.69. The molecule has 1 aliphatic carbocycles. The standard InChI is InChI=1S/C21H19F5O/c1-2-13-3-5-14(6-4-13)15-7-9-17(10-8-15)27-21(25,26)16-11-18(22)20(24)19(23)12-16/h2,7-14H,1,3-6H2. The van der Waals surface area contributed by atoms with E-state index in [0.717, 1.165) is 31.2 Å². The van der Waals surface area contributed by atoms with E-state index in [1.807, 2.05) is 6.08 Å². The largest absolute Gasteiger partial charge is 0.429 e. The van der Waals surface area contributed by atoms with Crippen molar-refractivity contribution < 1.29 is 26.7 Å². The Morgan fingerprint density at radius 3 is 2.00 bits per heavy atom. The number of ether oxygens (including phenoxy) is 1. The molecule has 6 heteroatoms. The smallest absolute Gasteiger partial charge is 0.426 e. The Labute approximate surface area is 154 Å². The molecule has 0 amide bonds. The van der Waals surface area contributed by atoms with Gasteiger partial charge in [0, 0.05) is 0 Å². The number of rotatable bonds is 5. The number of allylic oxidation sites excluding steroid dienone is 1. The highest BCUT2D eigenvalue weighted by Crippen LogP contribution is 2.38. The van der Waals surface area contributed by atoms with Gasteiger partial charge in [0.1, 0.15) is 5.75 Å². The van der Waals surface area contributed by atoms with E-state index in [-0.39, 0.29) is 17.9 Å². The summed E-state index contributed by atoms with van der Waals surface area (Å²) in [5, 5.41) is 0. The molecule has 1 nitrogen and oxygen atoms in total. The fourth-order valence-corrected chi connectivity index (χ4v) is 3.43. The predicted octanol–water partition coefficient (Wildman–Crippen LogP) is 6.69. The van der Waals surface area contributed by atoms with Gasteiger partial charge in [-0.1, -0.05) is 18.2 Å². The van der Waals surface area contributed by atoms with Gasteiger partial charge in [-0.05, 0) is 67.3 Å². The first-order valence-corrected chi connectivity index (χ1v) is 8.74. The van der Waals surface area contributed by atoms with Crippen LogP contribution < -0.4 is 4.74 Å². The zero-order valence-corrected chi connectivity index (χ0v) is 14.5. The van der Waals surface area contributed by atoms with E-state index in [0.29, 0.717) is 11.8 Å². The zero-order chi connectivity index (χ0) is 19.6. The molecule has 1 aliphatic rings. The Bertz CT molecular complexity index is 785. The van der Waals surface area contributed by atoms with Crippen molar-refractivity contribution in [3.05, 3.63) is 77.6 Å². The van der Waals surface area contributed by atoms with Crippen molar-refractivity contribution in [2.45, 2.75) is 37.7 Å². The van der Waals surface area contributed by atoms with E-state index in [2.05, 4.69) is 11.3 Å². The number of hydrogen-bond donors (Lipinski definition) is 0. The lowest BCUT2D eigenvalue weighted by Gasteiger charge is -2.27. The summed E-state index contributed by atoms with van der Waals surface area (Å²) < 4.78 is 72.4. The minimum atomic E-state index is -4.00. The van der Waals surface area contributed by atoms with Crippen LogP contribution >= 0.6 is 0 Å². The highest BCUT2D eigenvalue weighted by Gasteiger charge is 2.36. The maximum Gasteiger partial charge on any atom is 0.426 e. The predicted molar refractivity (Wildman–Crippen MR) is 92.2 cm³/mol. The Hall–Kier alpha value is -2.37. The first-order valence-electron chi connectivity index (χ1n) is 8.74. The van der Waals surface area contributed by atoms with Crippen molar-refractivity contribution in [1.82, 2.24) is 0 Å². The molecule has 0 unspecified atom stereocenters. The molecule has 3 rings (SSSR count). The molecule has 1 saturated carbocycles. The molecular formula is C21H19F5O. The SMILES string of the molecule is C=CC1CCC(c2ccc(OC(F)(F)c3cc(F)c(F)c(F)c3)cc2)CC1. The molecule has 0 N–H and O–H groups in total. The van der Waals surface area contributed by atoms with Crippen LogP contribution in [-0.4, -0.2) is 0 Å². The van der Waals surface area contributed by atoms with Crippen LogP contribution in [0, 0.1) is 23.4 Å². The van der Waals surface area contributed by atoms with Gasteiger partial charge in [-0.25, -0.2) is 13.2 Å². The number of benzene rings is 2. The lowest BCUT2D eigenvalue weighted by molar-refractivity contribution is -0.185. The second-order valence-corrected chi connectivity index (χ2v) is 6.79. The van der Waals surface area contributed by atoms with Crippen molar-refractivity contribution >= 4 is 0 Å². The molecule has 0 saturated heterocycles. The molecule has 0 heterocycles. The van der Waals surface area contributed by atoms with Crippen molar-refractivity contribution in [3.63, 3.8) is 0 Å². The first-order chi connectivity index (χ1) is 12.8. The van der Waals surface area contributed by atoms with Gasteiger partial charge in [0.15, 0.2) is 17.5 Å². The van der Waals surface area contributed by atoms with Crippen LogP contribution in [0.5, 0.6) is 5.75 Å². The lowest BCUT2D eigenvalue weighted by atomic mass is 9.79. The highest BCUT2D eigenvalue weighted by atomic mass is 19.3. The van der Waals surface area contributed by atoms with Gasteiger partial charge in [-0.3, -0.25) is 0 Å². The summed E-state index contributed by atoms with van der Waals surface area (Å²) >= 11 is 0. The average molecular weight is 382 g/mol. The Morgan fingerprint density at radius 2 is 1.48 bits per heavy atom. The summed E-state index contributed by atoms with van der Waals surface area (Å²) in [6.45, 7) is 3.81. The van der Waals surface area contributed by atoms with Crippen molar-refractivity contribution in [3.8, 4) is 5.75 Å².